The number of benzene rings is 6. The Bertz CT molecular complexity index is 2060. The van der Waals surface area contributed by atoms with E-state index in [4.69, 9.17) is 0 Å². The van der Waals surface area contributed by atoms with Crippen molar-refractivity contribution in [3.63, 3.8) is 0 Å². The summed E-state index contributed by atoms with van der Waals surface area (Å²) >= 11 is 1.65. The minimum absolute atomic E-state index is 0.290. The van der Waals surface area contributed by atoms with E-state index in [2.05, 4.69) is 29.0 Å². The predicted molar refractivity (Wildman–Crippen MR) is 157 cm³/mol. The van der Waals surface area contributed by atoms with Gasteiger partial charge in [-0.3, -0.25) is 4.72 Å². The van der Waals surface area contributed by atoms with E-state index in [-0.39, 0.29) is 0 Å². The van der Waals surface area contributed by atoms with Gasteiger partial charge in [0.1, 0.15) is 0 Å². The molecule has 3 nitrogen and oxygen atoms in total. The van der Waals surface area contributed by atoms with E-state index in [1.54, 1.807) is 11.3 Å². The minimum atomic E-state index is -3.83. The molecular formula is C32H21NO2S2. The fourth-order valence-corrected chi connectivity index (χ4v) is 7.80. The first kappa shape index (κ1) is 22.0. The van der Waals surface area contributed by atoms with Crippen LogP contribution in [-0.4, -0.2) is 8.42 Å². The number of rotatable bonds is 4. The van der Waals surface area contributed by atoms with Crippen LogP contribution in [0.4, 0.5) is 5.69 Å². The Hall–Kier alpha value is -4.19. The molecule has 0 atom stereocenters. The molecule has 6 aromatic carbocycles. The first-order valence-corrected chi connectivity index (χ1v) is 14.3. The van der Waals surface area contributed by atoms with Crippen molar-refractivity contribution < 1.29 is 8.42 Å². The molecule has 0 aliphatic heterocycles. The molecular weight excluding hydrogens is 494 g/mol. The molecule has 5 heteroatoms. The van der Waals surface area contributed by atoms with Gasteiger partial charge in [-0.25, -0.2) is 8.42 Å². The largest absolute Gasteiger partial charge is 0.280 e. The van der Waals surface area contributed by atoms with Crippen LogP contribution in [0.3, 0.4) is 0 Å². The predicted octanol–water partition coefficient (Wildman–Crippen LogP) is 8.83. The van der Waals surface area contributed by atoms with E-state index < -0.39 is 10.0 Å². The van der Waals surface area contributed by atoms with E-state index in [9.17, 15) is 8.42 Å². The van der Waals surface area contributed by atoms with Crippen LogP contribution >= 0.6 is 11.3 Å². The molecule has 1 aromatic heterocycles. The average Bonchev–Trinajstić information content (AvgIpc) is 3.33. The summed E-state index contributed by atoms with van der Waals surface area (Å²) in [4.78, 5) is 0.290. The summed E-state index contributed by atoms with van der Waals surface area (Å²) in [6, 6.07) is 39.8. The van der Waals surface area contributed by atoms with Crippen molar-refractivity contribution in [2.75, 3.05) is 4.72 Å². The first-order valence-electron chi connectivity index (χ1n) is 12.0. The van der Waals surface area contributed by atoms with E-state index in [0.29, 0.717) is 10.6 Å². The number of thiophene rings is 1. The Balaban J connectivity index is 1.38. The van der Waals surface area contributed by atoms with Gasteiger partial charge < -0.3 is 0 Å². The highest BCUT2D eigenvalue weighted by Gasteiger charge is 2.22. The van der Waals surface area contributed by atoms with Crippen LogP contribution in [0.25, 0.3) is 52.8 Å². The number of sulfonamides is 1. The summed E-state index contributed by atoms with van der Waals surface area (Å²) in [7, 11) is -3.83. The van der Waals surface area contributed by atoms with Crippen LogP contribution in [0, 0.1) is 0 Å². The smallest absolute Gasteiger partial charge is 0.262 e. The molecule has 0 radical (unpaired) electrons. The van der Waals surface area contributed by atoms with Gasteiger partial charge in [0, 0.05) is 31.2 Å². The Morgan fingerprint density at radius 1 is 0.568 bits per heavy atom. The van der Waals surface area contributed by atoms with Crippen molar-refractivity contribution in [2.45, 2.75) is 4.90 Å². The Morgan fingerprint density at radius 2 is 1.22 bits per heavy atom. The van der Waals surface area contributed by atoms with Crippen LogP contribution in [0.2, 0.25) is 0 Å². The first-order chi connectivity index (χ1) is 18.1. The van der Waals surface area contributed by atoms with Crippen LogP contribution in [-0.2, 0) is 10.0 Å². The van der Waals surface area contributed by atoms with Gasteiger partial charge in [0.05, 0.1) is 4.90 Å². The van der Waals surface area contributed by atoms with Crippen LogP contribution in [0.5, 0.6) is 0 Å². The lowest BCUT2D eigenvalue weighted by atomic mass is 10.0. The molecule has 0 saturated heterocycles. The molecule has 0 aliphatic rings. The van der Waals surface area contributed by atoms with Crippen molar-refractivity contribution in [3.05, 3.63) is 121 Å². The quantitative estimate of drug-likeness (QED) is 0.254. The van der Waals surface area contributed by atoms with Crippen LogP contribution in [0.1, 0.15) is 0 Å². The Morgan fingerprint density at radius 3 is 2.00 bits per heavy atom. The summed E-state index contributed by atoms with van der Waals surface area (Å²) in [6.45, 7) is 0. The second-order valence-electron chi connectivity index (χ2n) is 9.11. The molecule has 0 bridgehead atoms. The standard InChI is InChI=1S/C32H21NO2S2/c34-37(35,33-24-17-14-22(15-18-24)21-8-2-1-3-9-21)30-20-29-31(27-13-7-6-12-26(27)30)28-19-16-23-10-4-5-11-25(23)32(28)36-29/h1-20,33H. The van der Waals surface area contributed by atoms with Gasteiger partial charge in [-0.15, -0.1) is 11.3 Å². The van der Waals surface area contributed by atoms with Gasteiger partial charge in [0.2, 0.25) is 0 Å². The molecule has 0 saturated carbocycles. The van der Waals surface area contributed by atoms with E-state index in [0.717, 1.165) is 37.4 Å². The average molecular weight is 516 g/mol. The molecule has 178 valence electrons. The van der Waals surface area contributed by atoms with Gasteiger partial charge in [-0.2, -0.15) is 0 Å². The van der Waals surface area contributed by atoms with Crippen LogP contribution in [0.15, 0.2) is 126 Å². The van der Waals surface area contributed by atoms with Crippen molar-refractivity contribution in [3.8, 4) is 11.1 Å². The molecule has 37 heavy (non-hydrogen) atoms. The highest BCUT2D eigenvalue weighted by atomic mass is 32.2. The van der Waals surface area contributed by atoms with Crippen molar-refractivity contribution in [1.29, 1.82) is 0 Å². The SMILES string of the molecule is O=S(=O)(Nc1ccc(-c2ccccc2)cc1)c1cc2sc3c4ccccc4ccc3c2c2ccccc12. The molecule has 0 aliphatic carbocycles. The third kappa shape index (κ3) is 3.67. The molecule has 7 aromatic rings. The number of anilines is 1. The molecule has 0 fully saturated rings. The van der Waals surface area contributed by atoms with Gasteiger partial charge >= 0.3 is 0 Å². The third-order valence-corrected chi connectivity index (χ3v) is 9.47. The Kier molecular flexibility index (Phi) is 5.03. The van der Waals surface area contributed by atoms with E-state index in [1.165, 1.54) is 15.5 Å². The molecule has 7 rings (SSSR count). The highest BCUT2D eigenvalue weighted by Crippen LogP contribution is 2.43. The summed E-state index contributed by atoms with van der Waals surface area (Å²) in [5.41, 5.74) is 2.66. The second kappa shape index (κ2) is 8.44. The number of hydrogen-bond acceptors (Lipinski definition) is 3. The zero-order valence-corrected chi connectivity index (χ0v) is 21.3. The normalized spacial score (nSPS) is 12.0. The monoisotopic (exact) mass is 515 g/mol. The van der Waals surface area contributed by atoms with E-state index >= 15 is 0 Å². The number of nitrogens with one attached hydrogen (secondary N) is 1. The van der Waals surface area contributed by atoms with Gasteiger partial charge in [0.15, 0.2) is 0 Å². The summed E-state index contributed by atoms with van der Waals surface area (Å²) in [5, 5.41) is 6.29. The fourth-order valence-electron chi connectivity index (χ4n) is 5.13. The fraction of sp³-hybridized carbons (Fsp3) is 0. The Labute approximate surface area is 218 Å². The summed E-state index contributed by atoms with van der Waals surface area (Å²) in [5.74, 6) is 0. The zero-order chi connectivity index (χ0) is 25.0. The number of fused-ring (bicyclic) bond motifs is 7. The molecule has 0 unspecified atom stereocenters. The summed E-state index contributed by atoms with van der Waals surface area (Å²) in [6.07, 6.45) is 0. The maximum Gasteiger partial charge on any atom is 0.262 e. The van der Waals surface area contributed by atoms with E-state index in [1.807, 2.05) is 97.1 Å². The van der Waals surface area contributed by atoms with Crippen molar-refractivity contribution >= 4 is 68.8 Å². The lowest BCUT2D eigenvalue weighted by Gasteiger charge is -2.12. The topological polar surface area (TPSA) is 46.2 Å². The van der Waals surface area contributed by atoms with Gasteiger partial charge in [0.25, 0.3) is 10.0 Å². The molecule has 1 heterocycles. The zero-order valence-electron chi connectivity index (χ0n) is 19.7. The molecule has 0 amide bonds. The third-order valence-electron chi connectivity index (χ3n) is 6.87. The second-order valence-corrected chi connectivity index (χ2v) is 11.8. The van der Waals surface area contributed by atoms with Crippen LogP contribution < -0.4 is 4.72 Å². The van der Waals surface area contributed by atoms with Crippen molar-refractivity contribution in [1.82, 2.24) is 0 Å². The van der Waals surface area contributed by atoms with Gasteiger partial charge in [-0.1, -0.05) is 103 Å². The lowest BCUT2D eigenvalue weighted by Crippen LogP contribution is -2.13. The van der Waals surface area contributed by atoms with Gasteiger partial charge in [-0.05, 0) is 45.5 Å². The molecule has 1 N–H and O–H groups in total. The van der Waals surface area contributed by atoms with Crippen molar-refractivity contribution in [2.24, 2.45) is 0 Å². The maximum atomic E-state index is 13.7. The number of hydrogen-bond donors (Lipinski definition) is 1. The summed E-state index contributed by atoms with van der Waals surface area (Å²) < 4.78 is 32.4. The lowest BCUT2D eigenvalue weighted by molar-refractivity contribution is 0.602. The molecule has 0 spiro atoms. The maximum absolute atomic E-state index is 13.7. The highest BCUT2D eigenvalue weighted by molar-refractivity contribution is 7.93. The minimum Gasteiger partial charge on any atom is -0.280 e.